The third-order valence-electron chi connectivity index (χ3n) is 6.30. The number of piperidine rings is 1. The summed E-state index contributed by atoms with van der Waals surface area (Å²) in [5, 5.41) is 15.6. The molecule has 1 atom stereocenters. The molecule has 1 fully saturated rings. The number of carbonyl (C=O) groups is 1. The Hall–Kier alpha value is -2.03. The Bertz CT molecular complexity index is 1060. The summed E-state index contributed by atoms with van der Waals surface area (Å²) in [6.07, 6.45) is 5.13. The first kappa shape index (κ1) is 19.9. The minimum absolute atomic E-state index is 0.0706. The zero-order valence-electron chi connectivity index (χ0n) is 17.0. The first-order valence-corrected chi connectivity index (χ1v) is 12.3. The Balaban J connectivity index is 1.51. The second kappa shape index (κ2) is 8.24. The average molecular weight is 444 g/mol. The highest BCUT2D eigenvalue weighted by atomic mass is 32.1. The Morgan fingerprint density at radius 2 is 2.07 bits per heavy atom. The van der Waals surface area contributed by atoms with E-state index in [-0.39, 0.29) is 5.92 Å². The number of aliphatic hydroxyl groups excluding tert-OH is 1. The lowest BCUT2D eigenvalue weighted by atomic mass is 9.91. The van der Waals surface area contributed by atoms with Crippen LogP contribution in [0, 0.1) is 5.92 Å². The topological polar surface area (TPSA) is 75.6 Å². The van der Waals surface area contributed by atoms with Crippen molar-refractivity contribution in [2.24, 2.45) is 5.92 Å². The van der Waals surface area contributed by atoms with Crippen molar-refractivity contribution in [3.63, 3.8) is 0 Å². The molecule has 0 amide bonds. The zero-order valence-corrected chi connectivity index (χ0v) is 18.6. The van der Waals surface area contributed by atoms with Gasteiger partial charge in [-0.05, 0) is 61.5 Å². The summed E-state index contributed by atoms with van der Waals surface area (Å²) < 4.78 is 4.72. The van der Waals surface area contributed by atoms with Crippen molar-refractivity contribution in [1.82, 2.24) is 9.97 Å². The molecule has 0 aromatic carbocycles. The molecule has 30 heavy (non-hydrogen) atoms. The smallest absolute Gasteiger partial charge is 0.334 e. The van der Waals surface area contributed by atoms with Crippen LogP contribution in [0.15, 0.2) is 16.8 Å². The monoisotopic (exact) mass is 443 g/mol. The maximum absolute atomic E-state index is 11.7. The molecule has 2 aliphatic rings. The summed E-state index contributed by atoms with van der Waals surface area (Å²) in [5.74, 6) is 1.20. The molecule has 1 unspecified atom stereocenters. The summed E-state index contributed by atoms with van der Waals surface area (Å²) >= 11 is 3.48. The standard InChI is InChI=1S/C22H25N3O3S2/c1-28-22(27)18(26)13-6-9-25(10-7-13)20-17-15-4-2-3-5-16(15)30-21(17)24-19(23-20)14-8-11-29-12-14/h8,11-13,18,26H,2-7,9-10H2,1H3. The van der Waals surface area contributed by atoms with E-state index >= 15 is 0 Å². The normalized spacial score (nSPS) is 18.4. The number of aromatic nitrogens is 2. The number of fused-ring (bicyclic) bond motifs is 3. The number of aryl methyl sites for hydroxylation is 2. The number of nitrogens with zero attached hydrogens (tertiary/aromatic N) is 3. The van der Waals surface area contributed by atoms with E-state index in [0.717, 1.165) is 60.8 Å². The SMILES string of the molecule is COC(=O)C(O)C1CCN(c2nc(-c3ccsc3)nc3sc4c(c23)CCCC4)CC1. The van der Waals surface area contributed by atoms with Gasteiger partial charge in [0.15, 0.2) is 11.9 Å². The van der Waals surface area contributed by atoms with Crippen molar-refractivity contribution in [3.05, 3.63) is 27.3 Å². The Morgan fingerprint density at radius 3 is 2.80 bits per heavy atom. The number of hydrogen-bond donors (Lipinski definition) is 1. The maximum Gasteiger partial charge on any atom is 0.334 e. The summed E-state index contributed by atoms with van der Waals surface area (Å²) in [7, 11) is 1.32. The molecule has 0 saturated carbocycles. The zero-order chi connectivity index (χ0) is 20.7. The fourth-order valence-corrected chi connectivity index (χ4v) is 6.52. The minimum Gasteiger partial charge on any atom is -0.467 e. The predicted molar refractivity (Wildman–Crippen MR) is 120 cm³/mol. The lowest BCUT2D eigenvalue weighted by Crippen LogP contribution is -2.41. The van der Waals surface area contributed by atoms with Crippen LogP contribution in [0.5, 0.6) is 0 Å². The van der Waals surface area contributed by atoms with Gasteiger partial charge in [0, 0.05) is 28.9 Å². The number of hydrogen-bond acceptors (Lipinski definition) is 8. The Morgan fingerprint density at radius 1 is 1.27 bits per heavy atom. The summed E-state index contributed by atoms with van der Waals surface area (Å²) in [5.41, 5.74) is 2.50. The van der Waals surface area contributed by atoms with Crippen LogP contribution < -0.4 is 4.90 Å². The summed E-state index contributed by atoms with van der Waals surface area (Å²) in [6.45, 7) is 1.52. The molecule has 3 aromatic heterocycles. The van der Waals surface area contributed by atoms with E-state index in [0.29, 0.717) is 0 Å². The van der Waals surface area contributed by atoms with E-state index in [1.54, 1.807) is 11.3 Å². The molecule has 1 saturated heterocycles. The van der Waals surface area contributed by atoms with Gasteiger partial charge in [-0.15, -0.1) is 11.3 Å². The highest BCUT2D eigenvalue weighted by Gasteiger charge is 2.32. The first-order chi connectivity index (χ1) is 14.7. The lowest BCUT2D eigenvalue weighted by Gasteiger charge is -2.34. The van der Waals surface area contributed by atoms with Crippen LogP contribution >= 0.6 is 22.7 Å². The highest BCUT2D eigenvalue weighted by Crippen LogP contribution is 2.41. The number of thiophene rings is 2. The molecule has 1 aliphatic heterocycles. The van der Waals surface area contributed by atoms with Gasteiger partial charge in [0.1, 0.15) is 10.6 Å². The molecule has 1 aliphatic carbocycles. The van der Waals surface area contributed by atoms with E-state index in [1.165, 1.54) is 35.8 Å². The van der Waals surface area contributed by atoms with Crippen LogP contribution in [0.2, 0.25) is 0 Å². The molecule has 3 aromatic rings. The van der Waals surface area contributed by atoms with Crippen molar-refractivity contribution in [2.45, 2.75) is 44.6 Å². The van der Waals surface area contributed by atoms with Crippen molar-refractivity contribution in [2.75, 3.05) is 25.1 Å². The summed E-state index contributed by atoms with van der Waals surface area (Å²) in [6, 6.07) is 2.07. The molecule has 158 valence electrons. The van der Waals surface area contributed by atoms with Gasteiger partial charge in [-0.25, -0.2) is 14.8 Å². The highest BCUT2D eigenvalue weighted by molar-refractivity contribution is 7.19. The van der Waals surface area contributed by atoms with Crippen molar-refractivity contribution >= 4 is 44.7 Å². The number of esters is 1. The third-order valence-corrected chi connectivity index (χ3v) is 8.17. The van der Waals surface area contributed by atoms with Gasteiger partial charge in [-0.2, -0.15) is 11.3 Å². The van der Waals surface area contributed by atoms with Gasteiger partial charge in [-0.3, -0.25) is 0 Å². The van der Waals surface area contributed by atoms with E-state index in [1.807, 2.05) is 11.3 Å². The molecule has 0 spiro atoms. The number of aliphatic hydroxyl groups is 1. The molecule has 4 heterocycles. The maximum atomic E-state index is 11.7. The number of ether oxygens (including phenoxy) is 1. The fourth-order valence-electron chi connectivity index (χ4n) is 4.63. The van der Waals surface area contributed by atoms with Gasteiger partial charge in [0.05, 0.1) is 12.5 Å². The van der Waals surface area contributed by atoms with Gasteiger partial charge >= 0.3 is 5.97 Å². The van der Waals surface area contributed by atoms with Crippen LogP contribution in [0.3, 0.4) is 0 Å². The molecule has 8 heteroatoms. The molecule has 1 N–H and O–H groups in total. The number of rotatable bonds is 4. The molecule has 0 radical (unpaired) electrons. The van der Waals surface area contributed by atoms with Gasteiger partial charge in [-0.1, -0.05) is 0 Å². The molecular formula is C22H25N3O3S2. The largest absolute Gasteiger partial charge is 0.467 e. The van der Waals surface area contributed by atoms with E-state index in [9.17, 15) is 9.90 Å². The Kier molecular flexibility index (Phi) is 5.47. The van der Waals surface area contributed by atoms with Crippen molar-refractivity contribution in [3.8, 4) is 11.4 Å². The van der Waals surface area contributed by atoms with Crippen molar-refractivity contribution in [1.29, 1.82) is 0 Å². The number of anilines is 1. The Labute approximate surface area is 183 Å². The van der Waals surface area contributed by atoms with E-state index < -0.39 is 12.1 Å². The van der Waals surface area contributed by atoms with E-state index in [2.05, 4.69) is 21.7 Å². The van der Waals surface area contributed by atoms with Crippen LogP contribution in [0.1, 0.15) is 36.1 Å². The van der Waals surface area contributed by atoms with Crippen LogP contribution in [0.25, 0.3) is 21.6 Å². The van der Waals surface area contributed by atoms with Gasteiger partial charge < -0.3 is 14.7 Å². The van der Waals surface area contributed by atoms with Crippen molar-refractivity contribution < 1.29 is 14.6 Å². The quantitative estimate of drug-likeness (QED) is 0.613. The second-order valence-electron chi connectivity index (χ2n) is 8.07. The van der Waals surface area contributed by atoms with E-state index in [4.69, 9.17) is 14.7 Å². The average Bonchev–Trinajstić information content (AvgIpc) is 3.45. The number of carbonyl (C=O) groups excluding carboxylic acids is 1. The molecular weight excluding hydrogens is 418 g/mol. The third kappa shape index (κ3) is 3.50. The van der Waals surface area contributed by atoms with Gasteiger partial charge in [0.25, 0.3) is 0 Å². The van der Waals surface area contributed by atoms with Crippen LogP contribution in [-0.2, 0) is 22.4 Å². The first-order valence-electron chi connectivity index (χ1n) is 10.5. The fraction of sp³-hybridized carbons (Fsp3) is 0.500. The lowest BCUT2D eigenvalue weighted by molar-refractivity contribution is -0.153. The predicted octanol–water partition coefficient (Wildman–Crippen LogP) is 4.05. The van der Waals surface area contributed by atoms with Crippen LogP contribution in [0.4, 0.5) is 5.82 Å². The second-order valence-corrected chi connectivity index (χ2v) is 9.93. The molecule has 6 nitrogen and oxygen atoms in total. The number of methoxy groups -OCH3 is 1. The summed E-state index contributed by atoms with van der Waals surface area (Å²) in [4.78, 5) is 26.6. The van der Waals surface area contributed by atoms with Gasteiger partial charge in [0.2, 0.25) is 0 Å². The molecule has 5 rings (SSSR count). The van der Waals surface area contributed by atoms with Crippen LogP contribution in [-0.4, -0.2) is 47.3 Å². The minimum atomic E-state index is -1.04. The molecule has 0 bridgehead atoms.